The number of methoxy groups -OCH3 is 1. The van der Waals surface area contributed by atoms with Gasteiger partial charge in [0.25, 0.3) is 5.91 Å². The number of amides is 3. The van der Waals surface area contributed by atoms with Crippen molar-refractivity contribution >= 4 is 23.4 Å². The molecule has 1 N–H and O–H groups in total. The number of anilines is 1. The number of hydrogen-bond acceptors (Lipinski definition) is 4. The maximum Gasteiger partial charge on any atom is 0.257 e. The summed E-state index contributed by atoms with van der Waals surface area (Å²) in [5.41, 5.74) is 2.14. The van der Waals surface area contributed by atoms with Crippen LogP contribution in [0.15, 0.2) is 48.5 Å². The lowest BCUT2D eigenvalue weighted by Crippen LogP contribution is -2.38. The molecule has 3 rings (SSSR count). The number of benzene rings is 2. The SMILES string of the molecule is COc1ccccc1C(=O)N1CCCN(C(=O)Cc2ccc(NC(C)=O)cc2)CC1. The second kappa shape index (κ2) is 9.91. The van der Waals surface area contributed by atoms with Gasteiger partial charge in [0, 0.05) is 38.8 Å². The van der Waals surface area contributed by atoms with Crippen molar-refractivity contribution < 1.29 is 19.1 Å². The van der Waals surface area contributed by atoms with Crippen LogP contribution in [0.25, 0.3) is 0 Å². The molecule has 2 aromatic carbocycles. The molecule has 7 heteroatoms. The zero-order valence-corrected chi connectivity index (χ0v) is 17.4. The minimum Gasteiger partial charge on any atom is -0.496 e. The van der Waals surface area contributed by atoms with Gasteiger partial charge in [-0.3, -0.25) is 14.4 Å². The van der Waals surface area contributed by atoms with Crippen molar-refractivity contribution in [3.05, 3.63) is 59.7 Å². The molecule has 0 aromatic heterocycles. The van der Waals surface area contributed by atoms with E-state index in [4.69, 9.17) is 4.74 Å². The van der Waals surface area contributed by atoms with Crippen molar-refractivity contribution in [1.29, 1.82) is 0 Å². The summed E-state index contributed by atoms with van der Waals surface area (Å²) in [6.45, 7) is 3.68. The van der Waals surface area contributed by atoms with Crippen molar-refractivity contribution in [2.45, 2.75) is 19.8 Å². The zero-order valence-electron chi connectivity index (χ0n) is 17.4. The molecule has 1 heterocycles. The van der Waals surface area contributed by atoms with Gasteiger partial charge >= 0.3 is 0 Å². The third-order valence-electron chi connectivity index (χ3n) is 5.10. The molecule has 158 valence electrons. The smallest absolute Gasteiger partial charge is 0.257 e. The Bertz CT molecular complexity index is 911. The van der Waals surface area contributed by atoms with Crippen LogP contribution in [-0.4, -0.2) is 60.8 Å². The first-order chi connectivity index (χ1) is 14.5. The number of nitrogens with one attached hydrogen (secondary N) is 1. The van der Waals surface area contributed by atoms with Crippen molar-refractivity contribution in [3.63, 3.8) is 0 Å². The second-order valence-electron chi connectivity index (χ2n) is 7.28. The Morgan fingerprint density at radius 2 is 1.60 bits per heavy atom. The van der Waals surface area contributed by atoms with Gasteiger partial charge in [-0.2, -0.15) is 0 Å². The third-order valence-corrected chi connectivity index (χ3v) is 5.10. The van der Waals surface area contributed by atoms with E-state index >= 15 is 0 Å². The lowest BCUT2D eigenvalue weighted by atomic mass is 10.1. The molecule has 0 aliphatic carbocycles. The van der Waals surface area contributed by atoms with Crippen molar-refractivity contribution in [1.82, 2.24) is 9.80 Å². The molecule has 2 aromatic rings. The number of para-hydroxylation sites is 1. The fourth-order valence-corrected chi connectivity index (χ4v) is 3.56. The van der Waals surface area contributed by atoms with Gasteiger partial charge in [0.15, 0.2) is 0 Å². The van der Waals surface area contributed by atoms with E-state index in [2.05, 4.69) is 5.32 Å². The van der Waals surface area contributed by atoms with Gasteiger partial charge in [0.2, 0.25) is 11.8 Å². The van der Waals surface area contributed by atoms with E-state index in [0.29, 0.717) is 49.6 Å². The molecule has 3 amide bonds. The van der Waals surface area contributed by atoms with Gasteiger partial charge in [-0.15, -0.1) is 0 Å². The Balaban J connectivity index is 1.58. The summed E-state index contributed by atoms with van der Waals surface area (Å²) >= 11 is 0. The summed E-state index contributed by atoms with van der Waals surface area (Å²) in [7, 11) is 1.55. The van der Waals surface area contributed by atoms with E-state index in [1.807, 2.05) is 29.2 Å². The molecule has 0 atom stereocenters. The molecular weight excluding hydrogens is 382 g/mol. The highest BCUT2D eigenvalue weighted by Gasteiger charge is 2.24. The number of rotatable bonds is 5. The first kappa shape index (κ1) is 21.4. The van der Waals surface area contributed by atoms with Crippen LogP contribution >= 0.6 is 0 Å². The Labute approximate surface area is 176 Å². The van der Waals surface area contributed by atoms with Crippen molar-refractivity contribution in [3.8, 4) is 5.75 Å². The average Bonchev–Trinajstić information content (AvgIpc) is 3.00. The summed E-state index contributed by atoms with van der Waals surface area (Å²) in [5.74, 6) is 0.391. The molecule has 1 aliphatic rings. The highest BCUT2D eigenvalue weighted by molar-refractivity contribution is 5.97. The normalized spacial score (nSPS) is 14.1. The van der Waals surface area contributed by atoms with Crippen LogP contribution in [0.5, 0.6) is 5.75 Å². The van der Waals surface area contributed by atoms with E-state index in [-0.39, 0.29) is 17.7 Å². The summed E-state index contributed by atoms with van der Waals surface area (Å²) in [5, 5.41) is 2.71. The first-order valence-corrected chi connectivity index (χ1v) is 10.0. The number of carbonyl (C=O) groups excluding carboxylic acids is 3. The molecule has 0 saturated carbocycles. The van der Waals surface area contributed by atoms with Crippen LogP contribution in [0.2, 0.25) is 0 Å². The summed E-state index contributed by atoms with van der Waals surface area (Å²) < 4.78 is 5.31. The predicted octanol–water partition coefficient (Wildman–Crippen LogP) is 2.57. The van der Waals surface area contributed by atoms with Crippen LogP contribution in [0, 0.1) is 0 Å². The Morgan fingerprint density at radius 3 is 2.30 bits per heavy atom. The highest BCUT2D eigenvalue weighted by atomic mass is 16.5. The minimum absolute atomic E-state index is 0.0360. The van der Waals surface area contributed by atoms with Crippen LogP contribution in [0.4, 0.5) is 5.69 Å². The number of ether oxygens (including phenoxy) is 1. The van der Waals surface area contributed by atoms with E-state index in [1.54, 1.807) is 36.3 Å². The quantitative estimate of drug-likeness (QED) is 0.823. The lowest BCUT2D eigenvalue weighted by Gasteiger charge is -2.23. The molecular formula is C23H27N3O4. The third kappa shape index (κ3) is 5.37. The Kier molecular flexibility index (Phi) is 7.06. The number of nitrogens with zero attached hydrogens (tertiary/aromatic N) is 2. The summed E-state index contributed by atoms with van der Waals surface area (Å²) in [6.07, 6.45) is 1.02. The van der Waals surface area contributed by atoms with Gasteiger partial charge < -0.3 is 19.9 Å². The topological polar surface area (TPSA) is 79.0 Å². The van der Waals surface area contributed by atoms with Gasteiger partial charge in [-0.05, 0) is 36.2 Å². The molecule has 7 nitrogen and oxygen atoms in total. The molecule has 1 aliphatic heterocycles. The van der Waals surface area contributed by atoms with E-state index in [0.717, 1.165) is 12.0 Å². The lowest BCUT2D eigenvalue weighted by molar-refractivity contribution is -0.130. The van der Waals surface area contributed by atoms with Crippen molar-refractivity contribution in [2.24, 2.45) is 0 Å². The standard InChI is InChI=1S/C23H27N3O4/c1-17(27)24-19-10-8-18(9-11-19)16-22(28)25-12-5-13-26(15-14-25)23(29)20-6-3-4-7-21(20)30-2/h3-4,6-11H,5,12-16H2,1-2H3,(H,24,27). The maximum absolute atomic E-state index is 12.9. The fourth-order valence-electron chi connectivity index (χ4n) is 3.56. The van der Waals surface area contributed by atoms with E-state index in [9.17, 15) is 14.4 Å². The Hall–Kier alpha value is -3.35. The molecule has 1 fully saturated rings. The van der Waals surface area contributed by atoms with Gasteiger partial charge in [-0.1, -0.05) is 24.3 Å². The van der Waals surface area contributed by atoms with E-state index in [1.165, 1.54) is 6.92 Å². The molecule has 1 saturated heterocycles. The fraction of sp³-hybridized carbons (Fsp3) is 0.348. The van der Waals surface area contributed by atoms with Crippen LogP contribution in [-0.2, 0) is 16.0 Å². The highest BCUT2D eigenvalue weighted by Crippen LogP contribution is 2.20. The summed E-state index contributed by atoms with van der Waals surface area (Å²) in [4.78, 5) is 40.4. The molecule has 30 heavy (non-hydrogen) atoms. The van der Waals surface area contributed by atoms with Crippen LogP contribution < -0.4 is 10.1 Å². The average molecular weight is 409 g/mol. The minimum atomic E-state index is -0.129. The van der Waals surface area contributed by atoms with Crippen molar-refractivity contribution in [2.75, 3.05) is 38.6 Å². The van der Waals surface area contributed by atoms with Gasteiger partial charge in [-0.25, -0.2) is 0 Å². The molecule has 0 bridgehead atoms. The van der Waals surface area contributed by atoms with Gasteiger partial charge in [0.1, 0.15) is 5.75 Å². The molecule has 0 unspecified atom stereocenters. The maximum atomic E-state index is 12.9. The number of carbonyl (C=O) groups is 3. The predicted molar refractivity (Wildman–Crippen MR) is 115 cm³/mol. The largest absolute Gasteiger partial charge is 0.496 e. The molecule has 0 spiro atoms. The number of hydrogen-bond donors (Lipinski definition) is 1. The zero-order chi connectivity index (χ0) is 21.5. The van der Waals surface area contributed by atoms with Crippen LogP contribution in [0.3, 0.4) is 0 Å². The first-order valence-electron chi connectivity index (χ1n) is 10.0. The monoisotopic (exact) mass is 409 g/mol. The Morgan fingerprint density at radius 1 is 0.933 bits per heavy atom. The van der Waals surface area contributed by atoms with Crippen LogP contribution in [0.1, 0.15) is 29.3 Å². The summed E-state index contributed by atoms with van der Waals surface area (Å²) in [6, 6.07) is 14.5. The van der Waals surface area contributed by atoms with Gasteiger partial charge in [0.05, 0.1) is 19.1 Å². The van der Waals surface area contributed by atoms with E-state index < -0.39 is 0 Å². The second-order valence-corrected chi connectivity index (χ2v) is 7.28. The molecule has 0 radical (unpaired) electrons.